The molecule has 1 aliphatic heterocycles. The summed E-state index contributed by atoms with van der Waals surface area (Å²) in [6, 6.07) is 4.00. The molecule has 0 unspecified atom stereocenters. The third kappa shape index (κ3) is 7.16. The lowest BCUT2D eigenvalue weighted by Gasteiger charge is -2.32. The van der Waals surface area contributed by atoms with E-state index in [9.17, 15) is 4.79 Å². The van der Waals surface area contributed by atoms with Crippen LogP contribution in [0.25, 0.3) is 0 Å². The Morgan fingerprint density at radius 1 is 1.21 bits per heavy atom. The fourth-order valence-electron chi connectivity index (χ4n) is 4.66. The van der Waals surface area contributed by atoms with Crippen molar-refractivity contribution in [1.29, 1.82) is 0 Å². The lowest BCUT2D eigenvalue weighted by atomic mass is 9.92. The molecule has 0 aliphatic carbocycles. The van der Waals surface area contributed by atoms with E-state index in [2.05, 4.69) is 27.1 Å². The maximum atomic E-state index is 12.7. The number of carbonyl (C=O) groups excluding carboxylic acids is 1. The van der Waals surface area contributed by atoms with Gasteiger partial charge in [-0.15, -0.1) is 0 Å². The van der Waals surface area contributed by atoms with E-state index in [1.807, 2.05) is 45.3 Å². The van der Waals surface area contributed by atoms with Crippen LogP contribution in [0.5, 0.6) is 5.75 Å². The molecule has 1 fully saturated rings. The van der Waals surface area contributed by atoms with Crippen molar-refractivity contribution in [2.45, 2.75) is 72.3 Å². The van der Waals surface area contributed by atoms with Crippen LogP contribution in [-0.2, 0) is 6.42 Å². The Bertz CT molecular complexity index is 900. The van der Waals surface area contributed by atoms with Crippen molar-refractivity contribution < 1.29 is 9.53 Å². The number of aromatic nitrogens is 2. The molecule has 0 bridgehead atoms. The number of rotatable bonds is 11. The largest absolute Gasteiger partial charge is 0.494 e. The van der Waals surface area contributed by atoms with Crippen LogP contribution in [-0.4, -0.2) is 48.2 Å². The molecule has 2 heterocycles. The molecular weight excluding hydrogens is 426 g/mol. The van der Waals surface area contributed by atoms with E-state index < -0.39 is 0 Å². The molecule has 1 atom stereocenters. The number of anilines is 1. The number of nitrogens with two attached hydrogens (primary N) is 1. The number of piperidine rings is 1. The van der Waals surface area contributed by atoms with Gasteiger partial charge in [0.1, 0.15) is 5.75 Å². The zero-order valence-corrected chi connectivity index (χ0v) is 21.3. The zero-order valence-electron chi connectivity index (χ0n) is 21.3. The Hall–Kier alpha value is -2.67. The lowest BCUT2D eigenvalue weighted by Crippen LogP contribution is -2.35. The number of ether oxygens (including phenoxy) is 1. The van der Waals surface area contributed by atoms with Gasteiger partial charge in [-0.2, -0.15) is 0 Å². The molecule has 2 aromatic rings. The number of hydrogen-bond donors (Lipinski definition) is 2. The van der Waals surface area contributed by atoms with Crippen LogP contribution in [0.4, 0.5) is 5.95 Å². The second-order valence-electron chi connectivity index (χ2n) is 9.55. The number of hydrogen-bond acceptors (Lipinski definition) is 6. The van der Waals surface area contributed by atoms with Crippen molar-refractivity contribution in [2.75, 3.05) is 31.1 Å². The average molecular weight is 468 g/mol. The van der Waals surface area contributed by atoms with Gasteiger partial charge in [0.25, 0.3) is 5.91 Å². The van der Waals surface area contributed by atoms with Crippen molar-refractivity contribution >= 4 is 11.9 Å². The van der Waals surface area contributed by atoms with Gasteiger partial charge < -0.3 is 20.7 Å². The summed E-state index contributed by atoms with van der Waals surface area (Å²) in [6.45, 7) is 11.3. The first kappa shape index (κ1) is 25.9. The summed E-state index contributed by atoms with van der Waals surface area (Å²) in [7, 11) is 0. The van der Waals surface area contributed by atoms with Crippen molar-refractivity contribution in [3.8, 4) is 5.75 Å². The summed E-state index contributed by atoms with van der Waals surface area (Å²) < 4.78 is 6.05. The highest BCUT2D eigenvalue weighted by atomic mass is 16.5. The normalized spacial score (nSPS) is 15.3. The number of nitrogens with one attached hydrogen (secondary N) is 1. The van der Waals surface area contributed by atoms with Gasteiger partial charge in [-0.3, -0.25) is 4.79 Å². The van der Waals surface area contributed by atoms with Crippen molar-refractivity contribution in [1.82, 2.24) is 15.3 Å². The first-order valence-corrected chi connectivity index (χ1v) is 12.7. The number of amides is 1. The van der Waals surface area contributed by atoms with Gasteiger partial charge >= 0.3 is 0 Å². The molecule has 7 nitrogen and oxygen atoms in total. The maximum absolute atomic E-state index is 12.7. The molecular formula is C27H41N5O2. The van der Waals surface area contributed by atoms with Gasteiger partial charge in [-0.1, -0.05) is 6.92 Å². The van der Waals surface area contributed by atoms with Crippen LogP contribution in [0, 0.1) is 19.8 Å². The molecule has 1 saturated heterocycles. The highest BCUT2D eigenvalue weighted by Gasteiger charge is 2.21. The van der Waals surface area contributed by atoms with E-state index in [0.29, 0.717) is 13.2 Å². The van der Waals surface area contributed by atoms with Crippen LogP contribution in [0.3, 0.4) is 0 Å². The minimum Gasteiger partial charge on any atom is -0.494 e. The summed E-state index contributed by atoms with van der Waals surface area (Å²) in [5.74, 6) is 2.38. The monoisotopic (exact) mass is 467 g/mol. The third-order valence-corrected chi connectivity index (χ3v) is 6.73. The molecule has 3 N–H and O–H groups in total. The predicted molar refractivity (Wildman–Crippen MR) is 138 cm³/mol. The Labute approximate surface area is 204 Å². The summed E-state index contributed by atoms with van der Waals surface area (Å²) >= 11 is 0. The third-order valence-electron chi connectivity index (χ3n) is 6.73. The van der Waals surface area contributed by atoms with Crippen LogP contribution >= 0.6 is 0 Å². The number of nitrogens with zero attached hydrogens (tertiary/aromatic N) is 3. The molecule has 7 heteroatoms. The quantitative estimate of drug-likeness (QED) is 0.481. The standard InChI is InChI=1S/C27H41N5O2/c1-5-22-17-29-27(30-18-22)32-12-9-23(10-13-32)7-6-14-34-24-15-19(2)25(20(3)16-24)26(33)31-21(4)8-11-28/h15-18,21,23H,5-14,28H2,1-4H3,(H,31,33)/t21-/m0/s1. The van der Waals surface area contributed by atoms with Crippen molar-refractivity contribution in [3.05, 3.63) is 46.8 Å². The second kappa shape index (κ2) is 12.7. The van der Waals surface area contributed by atoms with Crippen molar-refractivity contribution in [3.63, 3.8) is 0 Å². The minimum absolute atomic E-state index is 0.0412. The van der Waals surface area contributed by atoms with E-state index >= 15 is 0 Å². The number of aryl methyl sites for hydroxylation is 3. The highest BCUT2D eigenvalue weighted by Crippen LogP contribution is 2.25. The fraction of sp³-hybridized carbons (Fsp3) is 0.593. The van der Waals surface area contributed by atoms with Gasteiger partial charge in [0.15, 0.2) is 0 Å². The number of carbonyl (C=O) groups is 1. The maximum Gasteiger partial charge on any atom is 0.252 e. The topological polar surface area (TPSA) is 93.4 Å². The van der Waals surface area contributed by atoms with Crippen LogP contribution in [0.15, 0.2) is 24.5 Å². The lowest BCUT2D eigenvalue weighted by molar-refractivity contribution is 0.0937. The number of benzene rings is 1. The summed E-state index contributed by atoms with van der Waals surface area (Å²) in [5, 5.41) is 3.03. The molecule has 3 rings (SSSR count). The smallest absolute Gasteiger partial charge is 0.252 e. The van der Waals surface area contributed by atoms with Gasteiger partial charge in [-0.25, -0.2) is 9.97 Å². The summed E-state index contributed by atoms with van der Waals surface area (Å²) in [5.41, 5.74) is 9.38. The van der Waals surface area contributed by atoms with Crippen LogP contribution in [0.2, 0.25) is 0 Å². The molecule has 0 spiro atoms. The van der Waals surface area contributed by atoms with Gasteiger partial charge in [0.2, 0.25) is 5.95 Å². The zero-order chi connectivity index (χ0) is 24.5. The molecule has 1 aliphatic rings. The molecule has 186 valence electrons. The molecule has 0 saturated carbocycles. The van der Waals surface area contributed by atoms with Crippen LogP contribution in [0.1, 0.15) is 73.0 Å². The van der Waals surface area contributed by atoms with E-state index in [-0.39, 0.29) is 11.9 Å². The SMILES string of the molecule is CCc1cnc(N2CCC(CCCOc3cc(C)c(C(=O)N[C@@H](C)CCN)c(C)c3)CC2)nc1. The first-order valence-electron chi connectivity index (χ1n) is 12.7. The average Bonchev–Trinajstić information content (AvgIpc) is 2.82. The Balaban J connectivity index is 1.41. The summed E-state index contributed by atoms with van der Waals surface area (Å²) in [4.78, 5) is 24.0. The second-order valence-corrected chi connectivity index (χ2v) is 9.55. The minimum atomic E-state index is -0.0412. The van der Waals surface area contributed by atoms with Crippen molar-refractivity contribution in [2.24, 2.45) is 11.7 Å². The summed E-state index contributed by atoms with van der Waals surface area (Å²) in [6.07, 6.45) is 10.2. The van der Waals surface area contributed by atoms with Gasteiger partial charge in [0.05, 0.1) is 6.61 Å². The van der Waals surface area contributed by atoms with E-state index in [4.69, 9.17) is 10.5 Å². The Morgan fingerprint density at radius 2 is 1.85 bits per heavy atom. The Kier molecular flexibility index (Phi) is 9.69. The highest BCUT2D eigenvalue weighted by molar-refractivity contribution is 5.97. The van der Waals surface area contributed by atoms with Gasteiger partial charge in [0, 0.05) is 37.1 Å². The van der Waals surface area contributed by atoms with Gasteiger partial charge in [-0.05, 0) is 101 Å². The van der Waals surface area contributed by atoms with Crippen LogP contribution < -0.4 is 20.7 Å². The molecule has 34 heavy (non-hydrogen) atoms. The fourth-order valence-corrected chi connectivity index (χ4v) is 4.66. The molecule has 1 aromatic heterocycles. The van der Waals surface area contributed by atoms with E-state index in [1.165, 1.54) is 24.8 Å². The predicted octanol–water partition coefficient (Wildman–Crippen LogP) is 4.20. The first-order chi connectivity index (χ1) is 16.4. The van der Waals surface area contributed by atoms with E-state index in [0.717, 1.165) is 66.7 Å². The molecule has 1 amide bonds. The van der Waals surface area contributed by atoms with E-state index in [1.54, 1.807) is 0 Å². The Morgan fingerprint density at radius 3 is 2.44 bits per heavy atom. The molecule has 1 aromatic carbocycles. The molecule has 0 radical (unpaired) electrons.